The van der Waals surface area contributed by atoms with Gasteiger partial charge >= 0.3 is 12.0 Å². The van der Waals surface area contributed by atoms with Crippen LogP contribution in [-0.2, 0) is 4.79 Å². The van der Waals surface area contributed by atoms with Crippen molar-refractivity contribution in [2.45, 2.75) is 32.4 Å². The highest BCUT2D eigenvalue weighted by molar-refractivity contribution is 7.98. The van der Waals surface area contributed by atoms with E-state index in [2.05, 4.69) is 15.7 Å². The lowest BCUT2D eigenvalue weighted by molar-refractivity contribution is -0.139. The molecule has 0 fully saturated rings. The van der Waals surface area contributed by atoms with Gasteiger partial charge in [-0.3, -0.25) is 4.68 Å². The molecule has 1 rings (SSSR count). The van der Waals surface area contributed by atoms with E-state index in [-0.39, 0.29) is 6.04 Å². The van der Waals surface area contributed by atoms with Gasteiger partial charge in [-0.15, -0.1) is 0 Å². The molecule has 1 aromatic heterocycles. The van der Waals surface area contributed by atoms with Gasteiger partial charge in [-0.1, -0.05) is 0 Å². The molecule has 2 amide bonds. The number of carbonyl (C=O) groups is 2. The van der Waals surface area contributed by atoms with Crippen LogP contribution in [0.4, 0.5) is 10.5 Å². The first kappa shape index (κ1) is 16.4. The zero-order valence-electron chi connectivity index (χ0n) is 11.8. The first-order valence-electron chi connectivity index (χ1n) is 6.27. The number of carbonyl (C=O) groups excluding carboxylic acids is 1. The Labute approximate surface area is 122 Å². The fourth-order valence-corrected chi connectivity index (χ4v) is 1.97. The third-order valence-electron chi connectivity index (χ3n) is 2.60. The number of carboxylic acids is 1. The van der Waals surface area contributed by atoms with Crippen molar-refractivity contribution in [1.29, 1.82) is 0 Å². The van der Waals surface area contributed by atoms with Crippen molar-refractivity contribution in [3.8, 4) is 0 Å². The number of hydrogen-bond donors (Lipinski definition) is 3. The van der Waals surface area contributed by atoms with Gasteiger partial charge in [0.25, 0.3) is 0 Å². The molecule has 0 aliphatic heterocycles. The highest BCUT2D eigenvalue weighted by Gasteiger charge is 2.19. The van der Waals surface area contributed by atoms with Crippen LogP contribution in [0.2, 0.25) is 0 Å². The summed E-state index contributed by atoms with van der Waals surface area (Å²) in [6, 6.07) is -1.23. The van der Waals surface area contributed by atoms with Crippen LogP contribution in [0.3, 0.4) is 0 Å². The Hall–Kier alpha value is -1.70. The summed E-state index contributed by atoms with van der Waals surface area (Å²) in [4.78, 5) is 22.8. The fourth-order valence-electron chi connectivity index (χ4n) is 1.50. The zero-order chi connectivity index (χ0) is 15.1. The van der Waals surface area contributed by atoms with E-state index in [0.29, 0.717) is 17.9 Å². The molecule has 0 saturated heterocycles. The van der Waals surface area contributed by atoms with Gasteiger partial charge in [-0.2, -0.15) is 16.9 Å². The number of hydrogen-bond acceptors (Lipinski definition) is 4. The molecule has 8 heteroatoms. The Balaban J connectivity index is 2.54. The minimum atomic E-state index is -1.04. The molecule has 1 aromatic rings. The molecule has 7 nitrogen and oxygen atoms in total. The number of thioether (sulfide) groups is 1. The van der Waals surface area contributed by atoms with Gasteiger partial charge < -0.3 is 15.7 Å². The third-order valence-corrected chi connectivity index (χ3v) is 3.25. The summed E-state index contributed by atoms with van der Waals surface area (Å²) < 4.78 is 1.71. The number of carboxylic acid groups (broad SMARTS) is 1. The number of rotatable bonds is 7. The van der Waals surface area contributed by atoms with Crippen LogP contribution in [0.5, 0.6) is 0 Å². The van der Waals surface area contributed by atoms with Gasteiger partial charge in [-0.25, -0.2) is 9.59 Å². The van der Waals surface area contributed by atoms with E-state index in [9.17, 15) is 9.59 Å². The van der Waals surface area contributed by atoms with Crippen molar-refractivity contribution < 1.29 is 14.7 Å². The molecule has 0 aliphatic carbocycles. The van der Waals surface area contributed by atoms with Crippen molar-refractivity contribution in [1.82, 2.24) is 15.1 Å². The lowest BCUT2D eigenvalue weighted by atomic mass is 10.2. The summed E-state index contributed by atoms with van der Waals surface area (Å²) in [5.74, 6) is -0.366. The van der Waals surface area contributed by atoms with Crippen LogP contribution in [-0.4, -0.2) is 44.9 Å². The fraction of sp³-hybridized carbons (Fsp3) is 0.583. The smallest absolute Gasteiger partial charge is 0.326 e. The number of aromatic nitrogens is 2. The minimum absolute atomic E-state index is 0.196. The molecular weight excluding hydrogens is 280 g/mol. The number of nitrogens with zero attached hydrogens (tertiary/aromatic N) is 2. The normalized spacial score (nSPS) is 12.2. The molecule has 0 aromatic carbocycles. The van der Waals surface area contributed by atoms with Crippen LogP contribution < -0.4 is 10.6 Å². The Bertz CT molecular complexity index is 461. The third kappa shape index (κ3) is 5.12. The van der Waals surface area contributed by atoms with Gasteiger partial charge in [0.1, 0.15) is 6.04 Å². The van der Waals surface area contributed by atoms with Gasteiger partial charge in [0.15, 0.2) is 0 Å². The van der Waals surface area contributed by atoms with Gasteiger partial charge in [0.2, 0.25) is 0 Å². The van der Waals surface area contributed by atoms with Crippen molar-refractivity contribution in [3.63, 3.8) is 0 Å². The number of nitrogens with one attached hydrogen (secondary N) is 2. The SMILES string of the molecule is CSCC[C@@H](NC(=O)Nc1cnn(C(C)C)c1)C(=O)O. The van der Waals surface area contributed by atoms with E-state index < -0.39 is 18.0 Å². The number of amides is 2. The van der Waals surface area contributed by atoms with E-state index in [0.717, 1.165) is 0 Å². The average Bonchev–Trinajstić information content (AvgIpc) is 2.82. The molecule has 1 heterocycles. The standard InChI is InChI=1S/C12H20N4O3S/c1-8(2)16-7-9(6-13-16)14-12(19)15-10(11(17)18)4-5-20-3/h6-8,10H,4-5H2,1-3H3,(H,17,18)(H2,14,15,19)/t10-/m1/s1. The summed E-state index contributed by atoms with van der Waals surface area (Å²) in [7, 11) is 0. The van der Waals surface area contributed by atoms with Crippen LogP contribution in [0.15, 0.2) is 12.4 Å². The maximum absolute atomic E-state index is 11.7. The molecule has 0 bridgehead atoms. The van der Waals surface area contributed by atoms with Crippen molar-refractivity contribution >= 4 is 29.4 Å². The number of aliphatic carboxylic acids is 1. The first-order valence-corrected chi connectivity index (χ1v) is 7.66. The zero-order valence-corrected chi connectivity index (χ0v) is 12.6. The van der Waals surface area contributed by atoms with Crippen LogP contribution in [0.25, 0.3) is 0 Å². The molecule has 0 saturated carbocycles. The predicted molar refractivity (Wildman–Crippen MR) is 79.2 cm³/mol. The highest BCUT2D eigenvalue weighted by Crippen LogP contribution is 2.10. The summed E-state index contributed by atoms with van der Waals surface area (Å²) in [5.41, 5.74) is 0.533. The van der Waals surface area contributed by atoms with E-state index in [1.807, 2.05) is 20.1 Å². The number of urea groups is 1. The molecule has 0 radical (unpaired) electrons. The average molecular weight is 300 g/mol. The van der Waals surface area contributed by atoms with Crippen molar-refractivity contribution in [2.75, 3.05) is 17.3 Å². The second-order valence-corrected chi connectivity index (χ2v) is 5.56. The number of anilines is 1. The van der Waals surface area contributed by atoms with E-state index in [4.69, 9.17) is 5.11 Å². The maximum atomic E-state index is 11.7. The van der Waals surface area contributed by atoms with Gasteiger partial charge in [0, 0.05) is 12.2 Å². The summed E-state index contributed by atoms with van der Waals surface area (Å²) in [5, 5.41) is 18.1. The van der Waals surface area contributed by atoms with Crippen molar-refractivity contribution in [2.24, 2.45) is 0 Å². The quantitative estimate of drug-likeness (QED) is 0.713. The monoisotopic (exact) mass is 300 g/mol. The van der Waals surface area contributed by atoms with E-state index >= 15 is 0 Å². The summed E-state index contributed by atoms with van der Waals surface area (Å²) in [6.07, 6.45) is 5.49. The molecule has 0 spiro atoms. The van der Waals surface area contributed by atoms with E-state index in [1.165, 1.54) is 18.0 Å². The van der Waals surface area contributed by atoms with E-state index in [1.54, 1.807) is 10.9 Å². The largest absolute Gasteiger partial charge is 0.480 e. The summed E-state index contributed by atoms with van der Waals surface area (Å²) in [6.45, 7) is 3.94. The summed E-state index contributed by atoms with van der Waals surface area (Å²) >= 11 is 1.54. The predicted octanol–water partition coefficient (Wildman–Crippen LogP) is 1.79. The minimum Gasteiger partial charge on any atom is -0.480 e. The molecule has 112 valence electrons. The second-order valence-electron chi connectivity index (χ2n) is 4.57. The van der Waals surface area contributed by atoms with Crippen LogP contribution in [0.1, 0.15) is 26.3 Å². The second kappa shape index (κ2) is 7.78. The Morgan fingerprint density at radius 1 is 1.50 bits per heavy atom. The molecule has 20 heavy (non-hydrogen) atoms. The topological polar surface area (TPSA) is 96.3 Å². The lowest BCUT2D eigenvalue weighted by Crippen LogP contribution is -2.43. The lowest BCUT2D eigenvalue weighted by Gasteiger charge is -2.14. The van der Waals surface area contributed by atoms with Gasteiger partial charge in [0.05, 0.1) is 11.9 Å². The highest BCUT2D eigenvalue weighted by atomic mass is 32.2. The molecule has 3 N–H and O–H groups in total. The van der Waals surface area contributed by atoms with Crippen LogP contribution >= 0.6 is 11.8 Å². The Morgan fingerprint density at radius 3 is 2.70 bits per heavy atom. The first-order chi connectivity index (χ1) is 9.43. The van der Waals surface area contributed by atoms with Gasteiger partial charge in [-0.05, 0) is 32.3 Å². The molecule has 1 atom stereocenters. The maximum Gasteiger partial charge on any atom is 0.326 e. The molecule has 0 aliphatic rings. The van der Waals surface area contributed by atoms with Crippen LogP contribution in [0, 0.1) is 0 Å². The molecule has 0 unspecified atom stereocenters. The Morgan fingerprint density at radius 2 is 2.20 bits per heavy atom. The molecular formula is C12H20N4O3S. The Kier molecular flexibility index (Phi) is 6.37. The van der Waals surface area contributed by atoms with Crippen molar-refractivity contribution in [3.05, 3.63) is 12.4 Å².